The minimum atomic E-state index is -2.95. The minimum Gasteiger partial charge on any atom is -0.229 e. The van der Waals surface area contributed by atoms with Gasteiger partial charge in [0.1, 0.15) is 0 Å². The van der Waals surface area contributed by atoms with Crippen molar-refractivity contribution >= 4 is 9.84 Å². The largest absolute Gasteiger partial charge is 0.229 e. The van der Waals surface area contributed by atoms with Gasteiger partial charge in [-0.15, -0.1) is 0 Å². The Morgan fingerprint density at radius 3 is 1.69 bits per heavy atom. The molecule has 0 unspecified atom stereocenters. The van der Waals surface area contributed by atoms with Crippen LogP contribution in [-0.4, -0.2) is 19.4 Å². The van der Waals surface area contributed by atoms with Crippen LogP contribution in [0.3, 0.4) is 0 Å². The molecule has 0 spiro atoms. The first-order valence-corrected chi connectivity index (χ1v) is 6.60. The average Bonchev–Trinajstić information content (AvgIpc) is 1.83. The highest BCUT2D eigenvalue weighted by atomic mass is 32.2. The van der Waals surface area contributed by atoms with E-state index in [0.29, 0.717) is 0 Å². The average molecular weight is 206 g/mol. The number of hydrogen-bond donors (Lipinski definition) is 0. The van der Waals surface area contributed by atoms with Crippen molar-refractivity contribution < 1.29 is 8.42 Å². The van der Waals surface area contributed by atoms with Gasteiger partial charge in [-0.2, -0.15) is 0 Å². The molecule has 0 aromatic carbocycles. The first-order chi connectivity index (χ1) is 5.52. The van der Waals surface area contributed by atoms with Gasteiger partial charge < -0.3 is 0 Å². The van der Waals surface area contributed by atoms with Gasteiger partial charge in [0.05, 0.1) is 4.75 Å². The molecule has 80 valence electrons. The van der Waals surface area contributed by atoms with E-state index in [1.165, 1.54) is 6.26 Å². The van der Waals surface area contributed by atoms with Crippen molar-refractivity contribution in [2.75, 3.05) is 6.26 Å². The van der Waals surface area contributed by atoms with E-state index in [1.807, 2.05) is 0 Å². The van der Waals surface area contributed by atoms with Gasteiger partial charge in [-0.05, 0) is 25.7 Å². The molecule has 0 radical (unpaired) electrons. The van der Waals surface area contributed by atoms with E-state index in [9.17, 15) is 8.42 Å². The highest BCUT2D eigenvalue weighted by Gasteiger charge is 2.35. The molecule has 0 bridgehead atoms. The van der Waals surface area contributed by atoms with E-state index in [4.69, 9.17) is 0 Å². The summed E-state index contributed by atoms with van der Waals surface area (Å²) in [5, 5.41) is 0. The van der Waals surface area contributed by atoms with Gasteiger partial charge in [0, 0.05) is 6.26 Å². The summed E-state index contributed by atoms with van der Waals surface area (Å²) >= 11 is 0. The Kier molecular flexibility index (Phi) is 3.59. The lowest BCUT2D eigenvalue weighted by molar-refractivity contribution is 0.286. The zero-order valence-electron chi connectivity index (χ0n) is 9.64. The van der Waals surface area contributed by atoms with E-state index in [0.717, 1.165) is 12.8 Å². The summed E-state index contributed by atoms with van der Waals surface area (Å²) in [5.74, 6) is 0. The first-order valence-electron chi connectivity index (χ1n) is 4.71. The van der Waals surface area contributed by atoms with Crippen molar-refractivity contribution in [2.24, 2.45) is 5.41 Å². The van der Waals surface area contributed by atoms with Gasteiger partial charge in [-0.3, -0.25) is 0 Å². The third-order valence-electron chi connectivity index (χ3n) is 2.87. The lowest BCUT2D eigenvalue weighted by atomic mass is 9.81. The molecular weight excluding hydrogens is 184 g/mol. The Balaban J connectivity index is 4.72. The predicted molar refractivity (Wildman–Crippen MR) is 57.6 cm³/mol. The van der Waals surface area contributed by atoms with Crippen LogP contribution in [-0.2, 0) is 9.84 Å². The molecule has 0 N–H and O–H groups in total. The number of rotatable bonds is 4. The molecule has 0 aliphatic carbocycles. The summed E-state index contributed by atoms with van der Waals surface area (Å²) in [6, 6.07) is 0. The zero-order chi connectivity index (χ0) is 10.9. The normalized spacial score (nSPS) is 14.6. The van der Waals surface area contributed by atoms with Crippen LogP contribution in [0.4, 0.5) is 0 Å². The standard InChI is InChI=1S/C10H22O2S/c1-7-9(2,3)8-10(4,5)13(6,11)12/h7-8H2,1-6H3. The molecule has 3 heteroatoms. The third kappa shape index (κ3) is 3.67. The van der Waals surface area contributed by atoms with Gasteiger partial charge in [-0.25, -0.2) is 8.42 Å². The number of sulfone groups is 1. The summed E-state index contributed by atoms with van der Waals surface area (Å²) in [6.07, 6.45) is 3.04. The second kappa shape index (κ2) is 3.60. The van der Waals surface area contributed by atoms with Crippen molar-refractivity contribution in [3.05, 3.63) is 0 Å². The van der Waals surface area contributed by atoms with Crippen molar-refractivity contribution in [2.45, 2.75) is 52.2 Å². The van der Waals surface area contributed by atoms with Crippen LogP contribution in [0.15, 0.2) is 0 Å². The molecule has 0 rings (SSSR count). The molecule has 2 nitrogen and oxygen atoms in total. The Bertz CT molecular complexity index is 261. The maximum atomic E-state index is 11.4. The van der Waals surface area contributed by atoms with E-state index in [1.54, 1.807) is 13.8 Å². The van der Waals surface area contributed by atoms with Crippen LogP contribution in [0.25, 0.3) is 0 Å². The Morgan fingerprint density at radius 2 is 1.46 bits per heavy atom. The van der Waals surface area contributed by atoms with Crippen LogP contribution in [0.1, 0.15) is 47.5 Å². The van der Waals surface area contributed by atoms with Crippen LogP contribution < -0.4 is 0 Å². The van der Waals surface area contributed by atoms with E-state index >= 15 is 0 Å². The Morgan fingerprint density at radius 1 is 1.08 bits per heavy atom. The monoisotopic (exact) mass is 206 g/mol. The fraction of sp³-hybridized carbons (Fsp3) is 1.00. The summed E-state index contributed by atoms with van der Waals surface area (Å²) in [7, 11) is -2.95. The van der Waals surface area contributed by atoms with Gasteiger partial charge in [0.15, 0.2) is 9.84 Å². The van der Waals surface area contributed by atoms with Crippen LogP contribution in [0, 0.1) is 5.41 Å². The van der Waals surface area contributed by atoms with Crippen LogP contribution in [0.5, 0.6) is 0 Å². The van der Waals surface area contributed by atoms with Crippen molar-refractivity contribution in [1.29, 1.82) is 0 Å². The fourth-order valence-electron chi connectivity index (χ4n) is 1.41. The quantitative estimate of drug-likeness (QED) is 0.708. The smallest absolute Gasteiger partial charge is 0.152 e. The second-order valence-corrected chi connectivity index (χ2v) is 7.88. The Labute approximate surface area is 82.6 Å². The summed E-state index contributed by atoms with van der Waals surface area (Å²) in [4.78, 5) is 0. The molecule has 0 amide bonds. The van der Waals surface area contributed by atoms with Crippen molar-refractivity contribution in [3.8, 4) is 0 Å². The molecule has 0 fully saturated rings. The first kappa shape index (κ1) is 12.9. The van der Waals surface area contributed by atoms with Crippen LogP contribution in [0.2, 0.25) is 0 Å². The van der Waals surface area contributed by atoms with Gasteiger partial charge >= 0.3 is 0 Å². The van der Waals surface area contributed by atoms with Gasteiger partial charge in [0.25, 0.3) is 0 Å². The third-order valence-corrected chi connectivity index (χ3v) is 5.02. The lowest BCUT2D eigenvalue weighted by Gasteiger charge is -2.32. The summed E-state index contributed by atoms with van der Waals surface area (Å²) in [5.41, 5.74) is 0.104. The molecule has 13 heavy (non-hydrogen) atoms. The fourth-order valence-corrected chi connectivity index (χ4v) is 2.06. The van der Waals surface area contributed by atoms with Crippen LogP contribution >= 0.6 is 0 Å². The van der Waals surface area contributed by atoms with Gasteiger partial charge in [-0.1, -0.05) is 27.2 Å². The minimum absolute atomic E-state index is 0.104. The SMILES string of the molecule is CCC(C)(C)CC(C)(C)S(C)(=O)=O. The summed E-state index contributed by atoms with van der Waals surface area (Å²) in [6.45, 7) is 9.93. The zero-order valence-corrected chi connectivity index (χ0v) is 10.5. The van der Waals surface area contributed by atoms with Crippen molar-refractivity contribution in [1.82, 2.24) is 0 Å². The molecule has 0 saturated heterocycles. The summed E-state index contributed by atoms with van der Waals surface area (Å²) < 4.78 is 22.3. The van der Waals surface area contributed by atoms with E-state index < -0.39 is 14.6 Å². The molecule has 0 saturated carbocycles. The molecule has 0 atom stereocenters. The van der Waals surface area contributed by atoms with Gasteiger partial charge in [0.2, 0.25) is 0 Å². The maximum absolute atomic E-state index is 11.4. The van der Waals surface area contributed by atoms with Crippen molar-refractivity contribution in [3.63, 3.8) is 0 Å². The molecule has 0 aliphatic rings. The molecule has 0 aromatic rings. The Hall–Kier alpha value is -0.0500. The second-order valence-electron chi connectivity index (χ2n) is 5.23. The molecule has 0 aromatic heterocycles. The highest BCUT2D eigenvalue weighted by Crippen LogP contribution is 2.34. The lowest BCUT2D eigenvalue weighted by Crippen LogP contribution is -2.36. The topological polar surface area (TPSA) is 34.1 Å². The number of hydrogen-bond acceptors (Lipinski definition) is 2. The molecular formula is C10H22O2S. The molecule has 0 aliphatic heterocycles. The highest BCUT2D eigenvalue weighted by molar-refractivity contribution is 7.92. The molecule has 0 heterocycles. The maximum Gasteiger partial charge on any atom is 0.152 e. The van der Waals surface area contributed by atoms with E-state index in [2.05, 4.69) is 20.8 Å². The predicted octanol–water partition coefficient (Wildman–Crippen LogP) is 2.64. The van der Waals surface area contributed by atoms with E-state index in [-0.39, 0.29) is 5.41 Å².